The highest BCUT2D eigenvalue weighted by Gasteiger charge is 2.46. The summed E-state index contributed by atoms with van der Waals surface area (Å²) in [4.78, 5) is 15.9. The minimum Gasteiger partial charge on any atom is -0.456 e. The maximum Gasteiger partial charge on any atom is 0.165 e. The van der Waals surface area contributed by atoms with Crippen LogP contribution in [0.15, 0.2) is 205 Å². The zero-order valence-electron chi connectivity index (χ0n) is 30.3. The first-order chi connectivity index (χ1) is 27.8. The van der Waals surface area contributed by atoms with Gasteiger partial charge in [0.2, 0.25) is 0 Å². The van der Waals surface area contributed by atoms with E-state index in [-0.39, 0.29) is 0 Å². The summed E-state index contributed by atoms with van der Waals surface area (Å²) in [5, 5.41) is 2.00. The van der Waals surface area contributed by atoms with E-state index in [0.29, 0.717) is 17.5 Å². The molecule has 10 aromatic rings. The molecule has 0 atom stereocenters. The van der Waals surface area contributed by atoms with E-state index in [4.69, 9.17) is 19.4 Å². The highest BCUT2D eigenvalue weighted by Crippen LogP contribution is 2.56. The maximum atomic E-state index is 6.45. The fraction of sp³-hybridized carbons (Fsp3) is 0.0192. The smallest absolute Gasteiger partial charge is 0.165 e. The van der Waals surface area contributed by atoms with E-state index in [2.05, 4.69) is 164 Å². The molecular formula is C52H33N3O. The van der Waals surface area contributed by atoms with Gasteiger partial charge in [0.15, 0.2) is 17.5 Å². The minimum absolute atomic E-state index is 0.551. The highest BCUT2D eigenvalue weighted by atomic mass is 16.3. The summed E-state index contributed by atoms with van der Waals surface area (Å²) in [5.74, 6) is 1.79. The molecule has 0 fully saturated rings. The zero-order chi connectivity index (χ0) is 37.1. The summed E-state index contributed by atoms with van der Waals surface area (Å²) in [7, 11) is 0. The number of nitrogens with zero attached hydrogens (tertiary/aromatic N) is 3. The zero-order valence-corrected chi connectivity index (χ0v) is 30.3. The average molecular weight is 716 g/mol. The van der Waals surface area contributed by atoms with Crippen LogP contribution in [0.1, 0.15) is 22.3 Å². The van der Waals surface area contributed by atoms with Crippen LogP contribution in [0.25, 0.3) is 78.4 Å². The first-order valence-corrected chi connectivity index (χ1v) is 18.9. The van der Waals surface area contributed by atoms with Crippen molar-refractivity contribution in [1.82, 2.24) is 15.0 Å². The quantitative estimate of drug-likeness (QED) is 0.172. The fourth-order valence-corrected chi connectivity index (χ4v) is 8.84. The lowest BCUT2D eigenvalue weighted by Gasteiger charge is -2.34. The molecule has 56 heavy (non-hydrogen) atoms. The van der Waals surface area contributed by atoms with Gasteiger partial charge in [-0.3, -0.25) is 0 Å². The number of hydrogen-bond acceptors (Lipinski definition) is 4. The van der Waals surface area contributed by atoms with E-state index < -0.39 is 5.41 Å². The number of fused-ring (bicyclic) bond motifs is 6. The van der Waals surface area contributed by atoms with Gasteiger partial charge in [-0.2, -0.15) is 0 Å². The van der Waals surface area contributed by atoms with Crippen LogP contribution in [0.5, 0.6) is 0 Å². The lowest BCUT2D eigenvalue weighted by Crippen LogP contribution is -2.28. The molecule has 4 heteroatoms. The second-order valence-electron chi connectivity index (χ2n) is 14.3. The molecule has 262 valence electrons. The topological polar surface area (TPSA) is 51.8 Å². The normalized spacial score (nSPS) is 12.8. The van der Waals surface area contributed by atoms with Crippen LogP contribution in [0.4, 0.5) is 0 Å². The van der Waals surface area contributed by atoms with Crippen molar-refractivity contribution in [2.75, 3.05) is 0 Å². The summed E-state index contributed by atoms with van der Waals surface area (Å²) >= 11 is 0. The molecule has 0 N–H and O–H groups in total. The van der Waals surface area contributed by atoms with Gasteiger partial charge in [0.25, 0.3) is 0 Å². The summed E-state index contributed by atoms with van der Waals surface area (Å²) < 4.78 is 6.45. The summed E-state index contributed by atoms with van der Waals surface area (Å²) in [6, 6.07) is 70.3. The Morgan fingerprint density at radius 3 is 1.61 bits per heavy atom. The van der Waals surface area contributed by atoms with E-state index in [0.717, 1.165) is 55.3 Å². The van der Waals surface area contributed by atoms with Crippen LogP contribution in [0, 0.1) is 0 Å². The van der Waals surface area contributed by atoms with Crippen molar-refractivity contribution in [3.63, 3.8) is 0 Å². The Balaban J connectivity index is 1.20. The lowest BCUT2D eigenvalue weighted by molar-refractivity contribution is 0.669. The van der Waals surface area contributed by atoms with Gasteiger partial charge >= 0.3 is 0 Å². The monoisotopic (exact) mass is 715 g/mol. The van der Waals surface area contributed by atoms with Crippen molar-refractivity contribution >= 4 is 21.9 Å². The van der Waals surface area contributed by atoms with Crippen molar-refractivity contribution in [3.05, 3.63) is 222 Å². The van der Waals surface area contributed by atoms with E-state index in [1.165, 1.54) is 27.8 Å². The number of aromatic nitrogens is 3. The molecule has 0 saturated carbocycles. The fourth-order valence-electron chi connectivity index (χ4n) is 8.84. The predicted molar refractivity (Wildman–Crippen MR) is 226 cm³/mol. The van der Waals surface area contributed by atoms with Crippen molar-refractivity contribution in [3.8, 4) is 56.4 Å². The number of para-hydroxylation sites is 1. The molecule has 4 nitrogen and oxygen atoms in total. The number of furan rings is 1. The van der Waals surface area contributed by atoms with Crippen LogP contribution in [-0.2, 0) is 5.41 Å². The number of hydrogen-bond donors (Lipinski definition) is 0. The summed E-state index contributed by atoms with van der Waals surface area (Å²) in [6.45, 7) is 0. The predicted octanol–water partition coefficient (Wildman–Crippen LogP) is 12.8. The third kappa shape index (κ3) is 4.89. The van der Waals surface area contributed by atoms with Gasteiger partial charge in [-0.25, -0.2) is 15.0 Å². The molecule has 2 aromatic heterocycles. The summed E-state index contributed by atoms with van der Waals surface area (Å²) in [5.41, 5.74) is 13.3. The van der Waals surface area contributed by atoms with Crippen LogP contribution < -0.4 is 0 Å². The molecule has 0 radical (unpaired) electrons. The van der Waals surface area contributed by atoms with Gasteiger partial charge in [0, 0.05) is 27.5 Å². The lowest BCUT2D eigenvalue weighted by atomic mass is 9.67. The molecule has 0 aliphatic heterocycles. The molecule has 0 bridgehead atoms. The molecular weight excluding hydrogens is 683 g/mol. The van der Waals surface area contributed by atoms with Crippen molar-refractivity contribution in [2.24, 2.45) is 0 Å². The van der Waals surface area contributed by atoms with E-state index in [9.17, 15) is 0 Å². The van der Waals surface area contributed by atoms with Crippen molar-refractivity contribution in [1.29, 1.82) is 0 Å². The third-order valence-electron chi connectivity index (χ3n) is 11.2. The van der Waals surface area contributed by atoms with Crippen LogP contribution >= 0.6 is 0 Å². The average Bonchev–Trinajstić information content (AvgIpc) is 3.81. The summed E-state index contributed by atoms with van der Waals surface area (Å²) in [6.07, 6.45) is 0. The van der Waals surface area contributed by atoms with E-state index in [1.807, 2.05) is 36.4 Å². The SMILES string of the molecule is c1ccc(-c2nc(-c3cccc(C4(c5ccccc5)c5ccccc5-c5ccccc54)c3)nc(-c3c(-c4ccccc4)ccc4oc5ccccc5c34)n2)cc1. The van der Waals surface area contributed by atoms with Gasteiger partial charge in [-0.05, 0) is 68.8 Å². The van der Waals surface area contributed by atoms with Gasteiger partial charge < -0.3 is 4.42 Å². The first kappa shape index (κ1) is 32.0. The molecule has 2 heterocycles. The third-order valence-corrected chi connectivity index (χ3v) is 11.2. The first-order valence-electron chi connectivity index (χ1n) is 18.9. The number of benzene rings is 8. The Morgan fingerprint density at radius 2 is 0.893 bits per heavy atom. The molecule has 0 spiro atoms. The van der Waals surface area contributed by atoms with Crippen LogP contribution in [0.2, 0.25) is 0 Å². The standard InChI is InChI=1S/C52H33N3O/c1-4-17-34(18-5-1)39-31-32-46-47(42-27-12-15-30-45(42)56-46)48(39)51-54-49(35-19-6-2-7-20-35)53-50(55-51)36-21-16-24-38(33-36)52(37-22-8-3-9-23-37)43-28-13-10-25-40(43)41-26-11-14-29-44(41)52/h1-33H. The Labute approximate surface area is 324 Å². The second kappa shape index (κ2) is 12.9. The Bertz CT molecular complexity index is 3030. The van der Waals surface area contributed by atoms with Crippen LogP contribution in [-0.4, -0.2) is 15.0 Å². The largest absolute Gasteiger partial charge is 0.456 e. The molecule has 1 aliphatic carbocycles. The van der Waals surface area contributed by atoms with E-state index in [1.54, 1.807) is 0 Å². The van der Waals surface area contributed by atoms with Gasteiger partial charge in [-0.1, -0.05) is 176 Å². The number of rotatable bonds is 6. The maximum absolute atomic E-state index is 6.45. The minimum atomic E-state index is -0.551. The molecule has 11 rings (SSSR count). The van der Waals surface area contributed by atoms with Gasteiger partial charge in [0.05, 0.1) is 5.41 Å². The Morgan fingerprint density at radius 1 is 0.357 bits per heavy atom. The molecule has 8 aromatic carbocycles. The van der Waals surface area contributed by atoms with Crippen molar-refractivity contribution in [2.45, 2.75) is 5.41 Å². The van der Waals surface area contributed by atoms with Gasteiger partial charge in [0.1, 0.15) is 11.2 Å². The molecule has 0 amide bonds. The Kier molecular flexibility index (Phi) is 7.36. The van der Waals surface area contributed by atoms with E-state index >= 15 is 0 Å². The molecule has 1 aliphatic rings. The molecule has 0 saturated heterocycles. The highest BCUT2D eigenvalue weighted by molar-refractivity contribution is 6.15. The second-order valence-corrected chi connectivity index (χ2v) is 14.3. The van der Waals surface area contributed by atoms with Crippen molar-refractivity contribution < 1.29 is 4.42 Å². The Hall–Kier alpha value is -7.43. The molecule has 0 unspecified atom stereocenters. The van der Waals surface area contributed by atoms with Crippen LogP contribution in [0.3, 0.4) is 0 Å². The van der Waals surface area contributed by atoms with Gasteiger partial charge in [-0.15, -0.1) is 0 Å².